The van der Waals surface area contributed by atoms with Gasteiger partial charge in [-0.05, 0) is 32.1 Å². The minimum Gasteiger partial charge on any atom is -0.376 e. The van der Waals surface area contributed by atoms with Crippen molar-refractivity contribution in [1.82, 2.24) is 10.2 Å². The topological polar surface area (TPSA) is 75.7 Å². The maximum absolute atomic E-state index is 12.3. The minimum atomic E-state index is -0.180. The average molecular weight is 320 g/mol. The summed E-state index contributed by atoms with van der Waals surface area (Å²) in [7, 11) is 0. The lowest BCUT2D eigenvalue weighted by Crippen LogP contribution is -2.34. The quantitative estimate of drug-likeness (QED) is 0.585. The Morgan fingerprint density at radius 1 is 1.22 bits per heavy atom. The van der Waals surface area contributed by atoms with Gasteiger partial charge in [-0.2, -0.15) is 0 Å². The zero-order valence-electron chi connectivity index (χ0n) is 13.3. The third-order valence-corrected chi connectivity index (χ3v) is 4.94. The molecule has 0 aromatic rings. The van der Waals surface area contributed by atoms with Gasteiger partial charge in [0.05, 0.1) is 17.9 Å². The van der Waals surface area contributed by atoms with Crippen LogP contribution in [0.1, 0.15) is 38.5 Å². The Labute approximate surface area is 136 Å². The smallest absolute Gasteiger partial charge is 0.233 e. The van der Waals surface area contributed by atoms with Crippen LogP contribution in [0, 0.1) is 11.8 Å². The van der Waals surface area contributed by atoms with Crippen LogP contribution in [0.2, 0.25) is 0 Å². The van der Waals surface area contributed by atoms with Crippen molar-refractivity contribution in [1.29, 1.82) is 0 Å². The predicted octanol–water partition coefficient (Wildman–Crippen LogP) is 1.01. The summed E-state index contributed by atoms with van der Waals surface area (Å²) in [5, 5.41) is 2.86. The van der Waals surface area contributed by atoms with Gasteiger partial charge in [-0.3, -0.25) is 19.3 Å². The number of allylic oxidation sites excluding steroid dienone is 2. The maximum Gasteiger partial charge on any atom is 0.233 e. The summed E-state index contributed by atoms with van der Waals surface area (Å²) in [6.45, 7) is 1.67. The zero-order valence-corrected chi connectivity index (χ0v) is 13.3. The van der Waals surface area contributed by atoms with E-state index < -0.39 is 0 Å². The molecule has 1 N–H and O–H groups in total. The number of hydrogen-bond acceptors (Lipinski definition) is 4. The maximum atomic E-state index is 12.3. The van der Waals surface area contributed by atoms with Gasteiger partial charge in [0.25, 0.3) is 0 Å². The van der Waals surface area contributed by atoms with Crippen molar-refractivity contribution in [3.8, 4) is 0 Å². The second kappa shape index (κ2) is 7.25. The van der Waals surface area contributed by atoms with E-state index in [1.807, 2.05) is 12.2 Å². The second-order valence-corrected chi connectivity index (χ2v) is 6.53. The molecule has 6 nitrogen and oxygen atoms in total. The molecule has 0 saturated carbocycles. The molecular formula is C17H24N2O4. The molecule has 2 saturated heterocycles. The van der Waals surface area contributed by atoms with Crippen LogP contribution in [-0.2, 0) is 19.1 Å². The monoisotopic (exact) mass is 320 g/mol. The molecule has 2 heterocycles. The predicted molar refractivity (Wildman–Crippen MR) is 83.3 cm³/mol. The molecule has 3 atom stereocenters. The lowest BCUT2D eigenvalue weighted by molar-refractivity contribution is -0.140. The van der Waals surface area contributed by atoms with E-state index in [9.17, 15) is 14.4 Å². The van der Waals surface area contributed by atoms with Crippen molar-refractivity contribution in [3.63, 3.8) is 0 Å². The number of nitrogens with one attached hydrogen (secondary N) is 1. The molecule has 0 unspecified atom stereocenters. The summed E-state index contributed by atoms with van der Waals surface area (Å²) >= 11 is 0. The van der Waals surface area contributed by atoms with E-state index in [2.05, 4.69) is 5.32 Å². The van der Waals surface area contributed by atoms with Crippen LogP contribution in [0.3, 0.4) is 0 Å². The number of carbonyl (C=O) groups excluding carboxylic acids is 3. The van der Waals surface area contributed by atoms with E-state index in [0.717, 1.165) is 19.4 Å². The number of nitrogens with zero attached hydrogens (tertiary/aromatic N) is 1. The molecule has 1 aliphatic carbocycles. The first-order chi connectivity index (χ1) is 11.2. The van der Waals surface area contributed by atoms with E-state index >= 15 is 0 Å². The number of likely N-dealkylation sites (tertiary alicyclic amines) is 1. The van der Waals surface area contributed by atoms with Crippen molar-refractivity contribution in [2.24, 2.45) is 11.8 Å². The molecule has 0 spiro atoms. The molecule has 0 radical (unpaired) electrons. The highest BCUT2D eigenvalue weighted by Gasteiger charge is 2.46. The molecule has 6 heteroatoms. The molecule has 0 bridgehead atoms. The number of amides is 3. The highest BCUT2D eigenvalue weighted by Crippen LogP contribution is 2.35. The standard InChI is InChI=1S/C17H24N2O4/c20-15(18-11-12-5-4-10-23-12)8-3-9-19-16(21)13-6-1-2-7-14(13)17(19)22/h1-2,12-14H,3-11H2,(H,18,20)/t12-,13-,14-/m0/s1. The van der Waals surface area contributed by atoms with E-state index in [1.54, 1.807) is 0 Å². The van der Waals surface area contributed by atoms with Gasteiger partial charge in [-0.15, -0.1) is 0 Å². The lowest BCUT2D eigenvalue weighted by atomic mass is 9.85. The first-order valence-electron chi connectivity index (χ1n) is 8.55. The van der Waals surface area contributed by atoms with Gasteiger partial charge in [-0.1, -0.05) is 12.2 Å². The van der Waals surface area contributed by atoms with E-state index in [0.29, 0.717) is 38.8 Å². The van der Waals surface area contributed by atoms with Crippen molar-refractivity contribution in [2.75, 3.05) is 19.7 Å². The summed E-state index contributed by atoms with van der Waals surface area (Å²) in [5.41, 5.74) is 0. The Morgan fingerprint density at radius 2 is 1.91 bits per heavy atom. The van der Waals surface area contributed by atoms with E-state index in [4.69, 9.17) is 4.74 Å². The van der Waals surface area contributed by atoms with Crippen LogP contribution < -0.4 is 5.32 Å². The van der Waals surface area contributed by atoms with Gasteiger partial charge in [0, 0.05) is 26.1 Å². The first kappa shape index (κ1) is 16.2. The fourth-order valence-corrected chi connectivity index (χ4v) is 3.61. The number of carbonyl (C=O) groups is 3. The number of rotatable bonds is 6. The summed E-state index contributed by atoms with van der Waals surface area (Å²) in [6.07, 6.45) is 8.31. The van der Waals surface area contributed by atoms with Gasteiger partial charge in [-0.25, -0.2) is 0 Å². The molecule has 0 aromatic heterocycles. The second-order valence-electron chi connectivity index (χ2n) is 6.53. The molecular weight excluding hydrogens is 296 g/mol. The first-order valence-corrected chi connectivity index (χ1v) is 8.55. The summed E-state index contributed by atoms with van der Waals surface area (Å²) < 4.78 is 5.45. The number of fused-ring (bicyclic) bond motifs is 1. The largest absolute Gasteiger partial charge is 0.376 e. The van der Waals surface area contributed by atoms with Gasteiger partial charge in [0.15, 0.2) is 0 Å². The Bertz CT molecular complexity index is 485. The van der Waals surface area contributed by atoms with Crippen LogP contribution in [0.5, 0.6) is 0 Å². The van der Waals surface area contributed by atoms with Gasteiger partial charge in [0.1, 0.15) is 0 Å². The molecule has 2 fully saturated rings. The Kier molecular flexibility index (Phi) is 5.10. The Balaban J connectivity index is 1.39. The van der Waals surface area contributed by atoms with Gasteiger partial charge < -0.3 is 10.1 Å². The number of imide groups is 1. The molecule has 3 aliphatic rings. The molecule has 0 aromatic carbocycles. The van der Waals surface area contributed by atoms with Crippen molar-refractivity contribution >= 4 is 17.7 Å². The normalized spacial score (nSPS) is 29.9. The van der Waals surface area contributed by atoms with Crippen LogP contribution >= 0.6 is 0 Å². The van der Waals surface area contributed by atoms with E-state index in [1.165, 1.54) is 4.90 Å². The van der Waals surface area contributed by atoms with Crippen molar-refractivity contribution in [2.45, 2.75) is 44.6 Å². The molecule has 2 aliphatic heterocycles. The number of hydrogen-bond donors (Lipinski definition) is 1. The highest BCUT2D eigenvalue weighted by atomic mass is 16.5. The highest BCUT2D eigenvalue weighted by molar-refractivity contribution is 6.05. The summed E-state index contributed by atoms with van der Waals surface area (Å²) in [4.78, 5) is 37.7. The summed E-state index contributed by atoms with van der Waals surface area (Å²) in [6, 6.07) is 0. The minimum absolute atomic E-state index is 0.0429. The number of ether oxygens (including phenoxy) is 1. The van der Waals surface area contributed by atoms with Gasteiger partial charge >= 0.3 is 0 Å². The fourth-order valence-electron chi connectivity index (χ4n) is 3.61. The Hall–Kier alpha value is -1.69. The summed E-state index contributed by atoms with van der Waals surface area (Å²) in [5.74, 6) is -0.534. The molecule has 126 valence electrons. The molecule has 23 heavy (non-hydrogen) atoms. The third-order valence-electron chi connectivity index (χ3n) is 4.94. The lowest BCUT2D eigenvalue weighted by Gasteiger charge is -2.15. The van der Waals surface area contributed by atoms with Crippen molar-refractivity contribution in [3.05, 3.63) is 12.2 Å². The van der Waals surface area contributed by atoms with Crippen LogP contribution in [0.4, 0.5) is 0 Å². The molecule has 3 amide bonds. The van der Waals surface area contributed by atoms with Gasteiger partial charge in [0.2, 0.25) is 17.7 Å². The Morgan fingerprint density at radius 3 is 2.52 bits per heavy atom. The van der Waals surface area contributed by atoms with Crippen LogP contribution in [-0.4, -0.2) is 48.4 Å². The molecule has 3 rings (SSSR count). The SMILES string of the molecule is O=C(CCCN1C(=O)[C@H]2CC=CC[C@@H]2C1=O)NC[C@@H]1CCCO1. The van der Waals surface area contributed by atoms with Crippen molar-refractivity contribution < 1.29 is 19.1 Å². The average Bonchev–Trinajstić information content (AvgIpc) is 3.16. The van der Waals surface area contributed by atoms with Crippen LogP contribution in [0.25, 0.3) is 0 Å². The van der Waals surface area contributed by atoms with Crippen LogP contribution in [0.15, 0.2) is 12.2 Å². The fraction of sp³-hybridized carbons (Fsp3) is 0.706. The zero-order chi connectivity index (χ0) is 16.2. The van der Waals surface area contributed by atoms with E-state index in [-0.39, 0.29) is 35.7 Å². The third kappa shape index (κ3) is 3.63.